The molecule has 100 valence electrons. The number of hydrogen-bond donors (Lipinski definition) is 0. The molecule has 0 aliphatic heterocycles. The van der Waals surface area contributed by atoms with Gasteiger partial charge >= 0.3 is 0 Å². The Balaban J connectivity index is 2.22. The molecule has 0 saturated carbocycles. The van der Waals surface area contributed by atoms with Gasteiger partial charge in [0.15, 0.2) is 17.5 Å². The quantitative estimate of drug-likeness (QED) is 0.803. The van der Waals surface area contributed by atoms with Gasteiger partial charge in [-0.25, -0.2) is 13.2 Å². The number of amides is 1. The van der Waals surface area contributed by atoms with Crippen molar-refractivity contribution in [2.75, 3.05) is 7.05 Å². The molecule has 0 spiro atoms. The number of furan rings is 1. The third-order valence-electron chi connectivity index (χ3n) is 2.59. The normalized spacial score (nSPS) is 10.5. The summed E-state index contributed by atoms with van der Waals surface area (Å²) in [5.41, 5.74) is -0.520. The summed E-state index contributed by atoms with van der Waals surface area (Å²) < 4.78 is 44.3. The van der Waals surface area contributed by atoms with Crippen molar-refractivity contribution in [1.82, 2.24) is 4.90 Å². The molecule has 0 aliphatic carbocycles. The third kappa shape index (κ3) is 2.62. The molecule has 0 N–H and O–H groups in total. The zero-order valence-electron chi connectivity index (χ0n) is 9.99. The van der Waals surface area contributed by atoms with Gasteiger partial charge in [-0.3, -0.25) is 4.79 Å². The van der Waals surface area contributed by atoms with E-state index < -0.39 is 28.9 Å². The molecule has 1 aromatic carbocycles. The zero-order valence-corrected chi connectivity index (χ0v) is 9.99. The van der Waals surface area contributed by atoms with E-state index in [9.17, 15) is 18.0 Å². The maximum Gasteiger partial charge on any atom is 0.257 e. The molecule has 0 unspecified atom stereocenters. The van der Waals surface area contributed by atoms with Gasteiger partial charge in [-0.1, -0.05) is 0 Å². The molecule has 0 saturated heterocycles. The molecule has 0 atom stereocenters. The van der Waals surface area contributed by atoms with E-state index in [4.69, 9.17) is 4.42 Å². The second-order valence-electron chi connectivity index (χ2n) is 3.96. The molecule has 19 heavy (non-hydrogen) atoms. The Bertz CT molecular complexity index is 596. The maximum absolute atomic E-state index is 13.5. The fourth-order valence-electron chi connectivity index (χ4n) is 1.60. The Morgan fingerprint density at radius 1 is 1.21 bits per heavy atom. The molecule has 1 amide bonds. The maximum atomic E-state index is 13.5. The highest BCUT2D eigenvalue weighted by atomic mass is 19.2. The van der Waals surface area contributed by atoms with Crippen LogP contribution in [0.5, 0.6) is 0 Å². The molecule has 0 bridgehead atoms. The van der Waals surface area contributed by atoms with Gasteiger partial charge in [0.2, 0.25) is 0 Å². The minimum absolute atomic E-state index is 0.101. The lowest BCUT2D eigenvalue weighted by Gasteiger charge is -2.16. The molecule has 2 aromatic rings. The van der Waals surface area contributed by atoms with E-state index in [0.717, 1.165) is 11.0 Å². The van der Waals surface area contributed by atoms with Gasteiger partial charge in [0, 0.05) is 7.05 Å². The van der Waals surface area contributed by atoms with Gasteiger partial charge in [0.25, 0.3) is 5.91 Å². The number of benzene rings is 1. The largest absolute Gasteiger partial charge is 0.467 e. The number of hydrogen-bond acceptors (Lipinski definition) is 2. The monoisotopic (exact) mass is 269 g/mol. The number of nitrogens with zero attached hydrogens (tertiary/aromatic N) is 1. The van der Waals surface area contributed by atoms with Crippen LogP contribution in [0.25, 0.3) is 0 Å². The second kappa shape index (κ2) is 5.17. The molecular weight excluding hydrogens is 259 g/mol. The van der Waals surface area contributed by atoms with E-state index in [1.807, 2.05) is 0 Å². The summed E-state index contributed by atoms with van der Waals surface area (Å²) in [5.74, 6) is -4.73. The van der Waals surface area contributed by atoms with E-state index in [-0.39, 0.29) is 6.54 Å². The second-order valence-corrected chi connectivity index (χ2v) is 3.96. The Kier molecular flexibility index (Phi) is 3.59. The SMILES string of the molecule is CN(Cc1ccco1)C(=O)c1ccc(F)c(F)c1F. The number of halogens is 3. The molecule has 0 radical (unpaired) electrons. The highest BCUT2D eigenvalue weighted by Crippen LogP contribution is 2.17. The summed E-state index contributed by atoms with van der Waals surface area (Å²) in [6, 6.07) is 4.91. The number of rotatable bonds is 3. The van der Waals surface area contributed by atoms with Crippen LogP contribution in [-0.4, -0.2) is 17.9 Å². The summed E-state index contributed by atoms with van der Waals surface area (Å²) in [4.78, 5) is 13.1. The molecule has 1 heterocycles. The van der Waals surface area contributed by atoms with Gasteiger partial charge in [-0.05, 0) is 24.3 Å². The van der Waals surface area contributed by atoms with Crippen molar-refractivity contribution in [1.29, 1.82) is 0 Å². The molecule has 6 heteroatoms. The zero-order chi connectivity index (χ0) is 14.0. The average Bonchev–Trinajstić information content (AvgIpc) is 2.88. The van der Waals surface area contributed by atoms with Gasteiger partial charge in [-0.15, -0.1) is 0 Å². The summed E-state index contributed by atoms with van der Waals surface area (Å²) >= 11 is 0. The summed E-state index contributed by atoms with van der Waals surface area (Å²) in [5, 5.41) is 0. The van der Waals surface area contributed by atoms with E-state index >= 15 is 0 Å². The van der Waals surface area contributed by atoms with Crippen LogP contribution in [0.1, 0.15) is 16.1 Å². The van der Waals surface area contributed by atoms with E-state index in [1.165, 1.54) is 13.3 Å². The first kappa shape index (κ1) is 13.2. The minimum atomic E-state index is -1.66. The van der Waals surface area contributed by atoms with Crippen molar-refractivity contribution >= 4 is 5.91 Å². The average molecular weight is 269 g/mol. The van der Waals surface area contributed by atoms with Crippen LogP contribution in [0.3, 0.4) is 0 Å². The first-order valence-corrected chi connectivity index (χ1v) is 5.42. The predicted octanol–water partition coefficient (Wildman–Crippen LogP) is 2.97. The first-order chi connectivity index (χ1) is 9.00. The summed E-state index contributed by atoms with van der Waals surface area (Å²) in [6.07, 6.45) is 1.44. The van der Waals surface area contributed by atoms with Crippen LogP contribution >= 0.6 is 0 Å². The summed E-state index contributed by atoms with van der Waals surface area (Å²) in [6.45, 7) is 0.101. The first-order valence-electron chi connectivity index (χ1n) is 5.42. The van der Waals surface area contributed by atoms with Crippen LogP contribution in [0, 0.1) is 17.5 Å². The van der Waals surface area contributed by atoms with E-state index in [0.29, 0.717) is 11.8 Å². The lowest BCUT2D eigenvalue weighted by atomic mass is 10.1. The highest BCUT2D eigenvalue weighted by molar-refractivity contribution is 5.94. The van der Waals surface area contributed by atoms with Crippen LogP contribution < -0.4 is 0 Å². The fraction of sp³-hybridized carbons (Fsp3) is 0.154. The Morgan fingerprint density at radius 3 is 2.58 bits per heavy atom. The van der Waals surface area contributed by atoms with E-state index in [1.54, 1.807) is 12.1 Å². The van der Waals surface area contributed by atoms with Crippen LogP contribution in [0.4, 0.5) is 13.2 Å². The van der Waals surface area contributed by atoms with Crippen molar-refractivity contribution in [3.63, 3.8) is 0 Å². The van der Waals surface area contributed by atoms with Crippen LogP contribution in [0.15, 0.2) is 34.9 Å². The predicted molar refractivity (Wildman–Crippen MR) is 60.8 cm³/mol. The molecule has 1 aromatic heterocycles. The van der Waals surface area contributed by atoms with Crippen LogP contribution in [0.2, 0.25) is 0 Å². The van der Waals surface area contributed by atoms with Crippen molar-refractivity contribution in [2.45, 2.75) is 6.54 Å². The molecular formula is C13H10F3NO2. The molecule has 2 rings (SSSR count). The van der Waals surface area contributed by atoms with Crippen molar-refractivity contribution in [3.05, 3.63) is 59.3 Å². The van der Waals surface area contributed by atoms with Crippen molar-refractivity contribution in [2.24, 2.45) is 0 Å². The Hall–Kier alpha value is -2.24. The summed E-state index contributed by atoms with van der Waals surface area (Å²) in [7, 11) is 1.41. The fourth-order valence-corrected chi connectivity index (χ4v) is 1.60. The lowest BCUT2D eigenvalue weighted by molar-refractivity contribution is 0.0769. The van der Waals surface area contributed by atoms with Gasteiger partial charge in [0.1, 0.15) is 5.76 Å². The highest BCUT2D eigenvalue weighted by Gasteiger charge is 2.21. The Labute approximate surface area is 107 Å². The van der Waals surface area contributed by atoms with Crippen molar-refractivity contribution < 1.29 is 22.4 Å². The minimum Gasteiger partial charge on any atom is -0.467 e. The molecule has 0 aliphatic rings. The molecule has 3 nitrogen and oxygen atoms in total. The van der Waals surface area contributed by atoms with Gasteiger partial charge in [-0.2, -0.15) is 0 Å². The third-order valence-corrected chi connectivity index (χ3v) is 2.59. The Morgan fingerprint density at radius 2 is 1.95 bits per heavy atom. The standard InChI is InChI=1S/C13H10F3NO2/c1-17(7-8-3-2-6-19-8)13(18)9-4-5-10(14)12(16)11(9)15/h2-6H,7H2,1H3. The molecule has 0 fully saturated rings. The van der Waals surface area contributed by atoms with Crippen LogP contribution in [-0.2, 0) is 6.54 Å². The smallest absolute Gasteiger partial charge is 0.257 e. The van der Waals surface area contributed by atoms with E-state index in [2.05, 4.69) is 0 Å². The van der Waals surface area contributed by atoms with Gasteiger partial charge < -0.3 is 9.32 Å². The topological polar surface area (TPSA) is 33.5 Å². The number of carbonyl (C=O) groups excluding carboxylic acids is 1. The van der Waals surface area contributed by atoms with Gasteiger partial charge in [0.05, 0.1) is 18.4 Å². The van der Waals surface area contributed by atoms with Crippen molar-refractivity contribution in [3.8, 4) is 0 Å². The number of carbonyl (C=O) groups is 1. The lowest BCUT2D eigenvalue weighted by Crippen LogP contribution is -2.27.